The first kappa shape index (κ1) is 15.3. The quantitative estimate of drug-likeness (QED) is 0.801. The second-order valence-electron chi connectivity index (χ2n) is 6.21. The Morgan fingerprint density at radius 3 is 2.59 bits per heavy atom. The zero-order valence-corrected chi connectivity index (χ0v) is 13.5. The van der Waals surface area contributed by atoms with Gasteiger partial charge in [-0.2, -0.15) is 0 Å². The van der Waals surface area contributed by atoms with Gasteiger partial charge in [0.15, 0.2) is 9.84 Å². The number of sulfone groups is 1. The molecule has 3 rings (SSSR count). The number of nitrogens with zero attached hydrogens (tertiary/aromatic N) is 2. The monoisotopic (exact) mass is 324 g/mol. The van der Waals surface area contributed by atoms with E-state index in [0.29, 0.717) is 13.1 Å². The molecule has 0 saturated carbocycles. The van der Waals surface area contributed by atoms with E-state index in [-0.39, 0.29) is 40.8 Å². The summed E-state index contributed by atoms with van der Waals surface area (Å²) in [5.41, 5.74) is 1.10. The Bertz CT molecular complexity index is 716. The number of hydrogen-bond acceptors (Lipinski definition) is 5. The number of carbonyl (C=O) groups excluding carboxylic acids is 1. The van der Waals surface area contributed by atoms with Gasteiger partial charge < -0.3 is 10.0 Å². The minimum Gasteiger partial charge on any atom is -0.507 e. The summed E-state index contributed by atoms with van der Waals surface area (Å²) in [5.74, 6) is -0.253. The van der Waals surface area contributed by atoms with Crippen LogP contribution in [0.4, 0.5) is 0 Å². The van der Waals surface area contributed by atoms with Crippen molar-refractivity contribution in [2.45, 2.75) is 19.0 Å². The van der Waals surface area contributed by atoms with Gasteiger partial charge in [-0.05, 0) is 31.7 Å². The number of aromatic hydroxyl groups is 1. The summed E-state index contributed by atoms with van der Waals surface area (Å²) < 4.78 is 23.9. The van der Waals surface area contributed by atoms with Gasteiger partial charge in [0.05, 0.1) is 23.1 Å². The molecule has 0 aliphatic carbocycles. The Morgan fingerprint density at radius 1 is 1.23 bits per heavy atom. The average molecular weight is 324 g/mol. The molecule has 0 radical (unpaired) electrons. The molecule has 0 unspecified atom stereocenters. The van der Waals surface area contributed by atoms with Gasteiger partial charge in [0, 0.05) is 19.1 Å². The molecule has 2 saturated heterocycles. The van der Waals surface area contributed by atoms with Crippen molar-refractivity contribution in [2.24, 2.45) is 0 Å². The topological polar surface area (TPSA) is 77.9 Å². The SMILES string of the molecule is Cc1ccc(C(=O)N2CCN(C)[C@@H]3CS(=O)(=O)C[C@@H]32)c(O)c1. The van der Waals surface area contributed by atoms with Gasteiger partial charge in [0.1, 0.15) is 5.75 Å². The summed E-state index contributed by atoms with van der Waals surface area (Å²) in [7, 11) is -1.23. The van der Waals surface area contributed by atoms with E-state index in [4.69, 9.17) is 0 Å². The number of benzene rings is 1. The molecule has 1 aromatic carbocycles. The minimum absolute atomic E-state index is 0.000367. The van der Waals surface area contributed by atoms with E-state index in [2.05, 4.69) is 0 Å². The van der Waals surface area contributed by atoms with Crippen molar-refractivity contribution < 1.29 is 18.3 Å². The average Bonchev–Trinajstić information content (AvgIpc) is 2.75. The van der Waals surface area contributed by atoms with Gasteiger partial charge in [-0.15, -0.1) is 0 Å². The third-order valence-electron chi connectivity index (χ3n) is 4.60. The highest BCUT2D eigenvalue weighted by atomic mass is 32.2. The molecule has 2 fully saturated rings. The molecule has 22 heavy (non-hydrogen) atoms. The molecule has 2 atom stereocenters. The molecule has 7 heteroatoms. The van der Waals surface area contributed by atoms with Crippen LogP contribution in [0.1, 0.15) is 15.9 Å². The number of likely N-dealkylation sites (N-methyl/N-ethyl adjacent to an activating group) is 1. The number of carbonyl (C=O) groups is 1. The van der Waals surface area contributed by atoms with Crippen LogP contribution in [0.2, 0.25) is 0 Å². The van der Waals surface area contributed by atoms with Crippen LogP contribution in [-0.4, -0.2) is 73.0 Å². The highest BCUT2D eigenvalue weighted by molar-refractivity contribution is 7.91. The van der Waals surface area contributed by atoms with E-state index in [0.717, 1.165) is 5.56 Å². The molecule has 2 heterocycles. The number of piperazine rings is 1. The van der Waals surface area contributed by atoms with Gasteiger partial charge in [0.25, 0.3) is 5.91 Å². The third kappa shape index (κ3) is 2.59. The van der Waals surface area contributed by atoms with Crippen LogP contribution in [0.15, 0.2) is 18.2 Å². The maximum Gasteiger partial charge on any atom is 0.257 e. The first-order chi connectivity index (χ1) is 10.3. The van der Waals surface area contributed by atoms with Crippen LogP contribution in [0, 0.1) is 6.92 Å². The summed E-state index contributed by atoms with van der Waals surface area (Å²) in [5, 5.41) is 10.0. The van der Waals surface area contributed by atoms with Crippen molar-refractivity contribution in [1.29, 1.82) is 0 Å². The van der Waals surface area contributed by atoms with Crippen molar-refractivity contribution >= 4 is 15.7 Å². The van der Waals surface area contributed by atoms with Gasteiger partial charge in [0.2, 0.25) is 0 Å². The Morgan fingerprint density at radius 2 is 1.91 bits per heavy atom. The number of rotatable bonds is 1. The summed E-state index contributed by atoms with van der Waals surface area (Å²) in [6, 6.07) is 4.43. The molecular formula is C15H20N2O4S. The van der Waals surface area contributed by atoms with Gasteiger partial charge >= 0.3 is 0 Å². The molecule has 1 N–H and O–H groups in total. The number of phenolic OH excluding ortho intramolecular Hbond substituents is 1. The minimum atomic E-state index is -3.13. The van der Waals surface area contributed by atoms with E-state index >= 15 is 0 Å². The molecule has 120 valence electrons. The lowest BCUT2D eigenvalue weighted by Crippen LogP contribution is -2.59. The molecule has 0 aromatic heterocycles. The lowest BCUT2D eigenvalue weighted by Gasteiger charge is -2.42. The normalized spacial score (nSPS) is 27.6. The smallest absolute Gasteiger partial charge is 0.257 e. The van der Waals surface area contributed by atoms with Crippen LogP contribution < -0.4 is 0 Å². The lowest BCUT2D eigenvalue weighted by atomic mass is 10.0. The Kier molecular flexibility index (Phi) is 3.65. The standard InChI is InChI=1S/C15H20N2O4S/c1-10-3-4-11(14(18)7-10)15(19)17-6-5-16(2)12-8-22(20,21)9-13(12)17/h3-4,7,12-13,18H,5-6,8-9H2,1-2H3/t12-,13+/m1/s1. The third-order valence-corrected chi connectivity index (χ3v) is 6.30. The number of hydrogen-bond donors (Lipinski definition) is 1. The van der Waals surface area contributed by atoms with E-state index < -0.39 is 9.84 Å². The molecule has 2 aliphatic rings. The molecule has 1 amide bonds. The predicted molar refractivity (Wildman–Crippen MR) is 82.7 cm³/mol. The highest BCUT2D eigenvalue weighted by Crippen LogP contribution is 2.29. The summed E-state index contributed by atoms with van der Waals surface area (Å²) >= 11 is 0. The van der Waals surface area contributed by atoms with Crippen molar-refractivity contribution in [1.82, 2.24) is 9.80 Å². The fourth-order valence-electron chi connectivity index (χ4n) is 3.36. The highest BCUT2D eigenvalue weighted by Gasteiger charge is 2.47. The number of amides is 1. The van der Waals surface area contributed by atoms with Crippen molar-refractivity contribution in [3.63, 3.8) is 0 Å². The summed E-state index contributed by atoms with van der Waals surface area (Å²) in [4.78, 5) is 16.4. The lowest BCUT2D eigenvalue weighted by molar-refractivity contribution is 0.0407. The van der Waals surface area contributed by atoms with Gasteiger partial charge in [-0.1, -0.05) is 6.07 Å². The number of phenols is 1. The van der Waals surface area contributed by atoms with E-state index in [1.54, 1.807) is 23.1 Å². The summed E-state index contributed by atoms with van der Waals surface area (Å²) in [6.07, 6.45) is 0. The molecule has 6 nitrogen and oxygen atoms in total. The molecule has 1 aromatic rings. The number of fused-ring (bicyclic) bond motifs is 1. The predicted octanol–water partition coefficient (Wildman–Crippen LogP) is 0.254. The Balaban J connectivity index is 1.92. The largest absolute Gasteiger partial charge is 0.507 e. The van der Waals surface area contributed by atoms with Crippen LogP contribution in [0.3, 0.4) is 0 Å². The van der Waals surface area contributed by atoms with Crippen LogP contribution in [0.25, 0.3) is 0 Å². The second-order valence-corrected chi connectivity index (χ2v) is 8.37. The fraction of sp³-hybridized carbons (Fsp3) is 0.533. The number of aryl methyl sites for hydroxylation is 1. The molecule has 2 aliphatic heterocycles. The summed E-state index contributed by atoms with van der Waals surface area (Å²) in [6.45, 7) is 2.94. The first-order valence-electron chi connectivity index (χ1n) is 7.30. The zero-order chi connectivity index (χ0) is 16.1. The molecule has 0 bridgehead atoms. The maximum atomic E-state index is 12.7. The Hall–Kier alpha value is -1.60. The fourth-order valence-corrected chi connectivity index (χ4v) is 5.41. The van der Waals surface area contributed by atoms with Crippen LogP contribution >= 0.6 is 0 Å². The van der Waals surface area contributed by atoms with E-state index in [1.165, 1.54) is 0 Å². The molecule has 0 spiro atoms. The van der Waals surface area contributed by atoms with Crippen LogP contribution in [-0.2, 0) is 9.84 Å². The second kappa shape index (κ2) is 5.24. The van der Waals surface area contributed by atoms with Gasteiger partial charge in [-0.25, -0.2) is 8.42 Å². The van der Waals surface area contributed by atoms with Crippen molar-refractivity contribution in [3.05, 3.63) is 29.3 Å². The van der Waals surface area contributed by atoms with Crippen molar-refractivity contribution in [3.8, 4) is 5.75 Å². The van der Waals surface area contributed by atoms with Crippen LogP contribution in [0.5, 0.6) is 5.75 Å². The Labute approximate surface area is 130 Å². The molecular weight excluding hydrogens is 304 g/mol. The maximum absolute atomic E-state index is 12.7. The first-order valence-corrected chi connectivity index (χ1v) is 9.12. The van der Waals surface area contributed by atoms with Crippen molar-refractivity contribution in [2.75, 3.05) is 31.6 Å². The van der Waals surface area contributed by atoms with Gasteiger partial charge in [-0.3, -0.25) is 9.69 Å². The zero-order valence-electron chi connectivity index (χ0n) is 12.7. The van der Waals surface area contributed by atoms with E-state index in [1.807, 2.05) is 18.9 Å². The van der Waals surface area contributed by atoms with E-state index in [9.17, 15) is 18.3 Å².